The van der Waals surface area contributed by atoms with Gasteiger partial charge in [-0.15, -0.1) is 0 Å². The molecule has 4 nitrogen and oxygen atoms in total. The highest BCUT2D eigenvalue weighted by atomic mass is 19.4. The van der Waals surface area contributed by atoms with E-state index in [-0.39, 0.29) is 13.0 Å². The number of carbonyl (C=O) groups is 1. The van der Waals surface area contributed by atoms with Crippen molar-refractivity contribution in [1.29, 1.82) is 0 Å². The molecular formula is C14H17F3N2O2. The summed E-state index contributed by atoms with van der Waals surface area (Å²) < 4.78 is 39.8. The molecule has 1 aromatic carbocycles. The Morgan fingerprint density at radius 3 is 2.52 bits per heavy atom. The van der Waals surface area contributed by atoms with Crippen LogP contribution in [-0.4, -0.2) is 36.9 Å². The third-order valence-corrected chi connectivity index (χ3v) is 3.82. The van der Waals surface area contributed by atoms with Crippen LogP contribution in [0.25, 0.3) is 0 Å². The standard InChI is InChI=1S/C14H17F3N2O2/c15-14(16,17)13(6-7-18-9-13)12(21)19-11(8-20)10-4-2-1-3-5-10/h1-5,11,18,20H,6-9H2,(H,19,21)/t11-,13?/m1/s1. The topological polar surface area (TPSA) is 61.4 Å². The lowest BCUT2D eigenvalue weighted by atomic mass is 9.84. The van der Waals surface area contributed by atoms with Crippen LogP contribution in [0.1, 0.15) is 18.0 Å². The Hall–Kier alpha value is -1.60. The van der Waals surface area contributed by atoms with Gasteiger partial charge in [0.05, 0.1) is 12.6 Å². The van der Waals surface area contributed by atoms with E-state index in [1.807, 2.05) is 0 Å². The molecule has 1 aromatic rings. The molecule has 1 aliphatic heterocycles. The van der Waals surface area contributed by atoms with Crippen molar-refractivity contribution in [3.63, 3.8) is 0 Å². The molecule has 1 amide bonds. The second-order valence-electron chi connectivity index (χ2n) is 5.13. The summed E-state index contributed by atoms with van der Waals surface area (Å²) in [5, 5.41) is 14.3. The van der Waals surface area contributed by atoms with E-state index in [0.717, 1.165) is 0 Å². The van der Waals surface area contributed by atoms with Crippen molar-refractivity contribution in [2.75, 3.05) is 19.7 Å². The molecule has 21 heavy (non-hydrogen) atoms. The summed E-state index contributed by atoms with van der Waals surface area (Å²) in [6.07, 6.45) is -4.92. The Labute approximate surface area is 120 Å². The van der Waals surface area contributed by atoms with E-state index in [2.05, 4.69) is 10.6 Å². The van der Waals surface area contributed by atoms with Gasteiger partial charge in [-0.1, -0.05) is 30.3 Å². The number of hydrogen-bond acceptors (Lipinski definition) is 3. The lowest BCUT2D eigenvalue weighted by Gasteiger charge is -2.31. The first kappa shape index (κ1) is 15.8. The molecule has 0 bridgehead atoms. The molecule has 0 aliphatic carbocycles. The van der Waals surface area contributed by atoms with Crippen molar-refractivity contribution in [3.8, 4) is 0 Å². The minimum absolute atomic E-state index is 0.141. The number of alkyl halides is 3. The van der Waals surface area contributed by atoms with E-state index < -0.39 is 36.7 Å². The molecule has 0 radical (unpaired) electrons. The number of hydrogen-bond donors (Lipinski definition) is 3. The molecule has 1 heterocycles. The lowest BCUT2D eigenvalue weighted by molar-refractivity contribution is -0.216. The van der Waals surface area contributed by atoms with Gasteiger partial charge in [0.2, 0.25) is 5.91 Å². The van der Waals surface area contributed by atoms with E-state index in [4.69, 9.17) is 0 Å². The van der Waals surface area contributed by atoms with Gasteiger partial charge in [-0.25, -0.2) is 0 Å². The number of amides is 1. The van der Waals surface area contributed by atoms with Crippen molar-refractivity contribution in [1.82, 2.24) is 10.6 Å². The third kappa shape index (κ3) is 3.03. The predicted octanol–water partition coefficient (Wildman–Crippen LogP) is 1.38. The summed E-state index contributed by atoms with van der Waals surface area (Å²) in [6, 6.07) is 7.58. The highest BCUT2D eigenvalue weighted by Gasteiger charge is 2.61. The number of nitrogens with one attached hydrogen (secondary N) is 2. The summed E-state index contributed by atoms with van der Waals surface area (Å²) in [5.74, 6) is -1.09. The van der Waals surface area contributed by atoms with Crippen molar-refractivity contribution < 1.29 is 23.1 Å². The molecule has 0 aromatic heterocycles. The Kier molecular flexibility index (Phi) is 4.53. The highest BCUT2D eigenvalue weighted by molar-refractivity contribution is 5.84. The first-order valence-electron chi connectivity index (χ1n) is 6.65. The van der Waals surface area contributed by atoms with E-state index in [0.29, 0.717) is 5.56 Å². The zero-order valence-electron chi connectivity index (χ0n) is 11.3. The fourth-order valence-electron chi connectivity index (χ4n) is 2.47. The van der Waals surface area contributed by atoms with Crippen LogP contribution in [0.3, 0.4) is 0 Å². The van der Waals surface area contributed by atoms with Crippen LogP contribution < -0.4 is 10.6 Å². The average molecular weight is 302 g/mol. The minimum atomic E-state index is -4.63. The number of aliphatic hydroxyl groups is 1. The van der Waals surface area contributed by atoms with Crippen LogP contribution in [0.4, 0.5) is 13.2 Å². The molecule has 1 unspecified atom stereocenters. The molecule has 7 heteroatoms. The third-order valence-electron chi connectivity index (χ3n) is 3.82. The zero-order chi connectivity index (χ0) is 15.5. The number of benzene rings is 1. The van der Waals surface area contributed by atoms with Crippen LogP contribution >= 0.6 is 0 Å². The second kappa shape index (κ2) is 6.03. The molecule has 116 valence electrons. The molecule has 1 saturated heterocycles. The maximum absolute atomic E-state index is 13.3. The first-order valence-corrected chi connectivity index (χ1v) is 6.65. The summed E-state index contributed by atoms with van der Waals surface area (Å²) >= 11 is 0. The zero-order valence-corrected chi connectivity index (χ0v) is 11.3. The molecule has 2 rings (SSSR count). The second-order valence-corrected chi connectivity index (χ2v) is 5.13. The van der Waals surface area contributed by atoms with Crippen molar-refractivity contribution in [2.24, 2.45) is 5.41 Å². The molecular weight excluding hydrogens is 285 g/mol. The molecule has 1 fully saturated rings. The van der Waals surface area contributed by atoms with Gasteiger partial charge < -0.3 is 15.7 Å². The average Bonchev–Trinajstić information content (AvgIpc) is 2.96. The lowest BCUT2D eigenvalue weighted by Crippen LogP contribution is -2.53. The van der Waals surface area contributed by atoms with E-state index in [1.54, 1.807) is 30.3 Å². The molecule has 0 spiro atoms. The monoisotopic (exact) mass is 302 g/mol. The van der Waals surface area contributed by atoms with Crippen molar-refractivity contribution in [3.05, 3.63) is 35.9 Å². The molecule has 1 aliphatic rings. The maximum Gasteiger partial charge on any atom is 0.404 e. The Morgan fingerprint density at radius 1 is 1.38 bits per heavy atom. The summed E-state index contributed by atoms with van der Waals surface area (Å²) in [5.41, 5.74) is -1.86. The molecule has 2 atom stereocenters. The van der Waals surface area contributed by atoms with Gasteiger partial charge in [-0.05, 0) is 18.5 Å². The van der Waals surface area contributed by atoms with E-state index in [1.165, 1.54) is 0 Å². The van der Waals surface area contributed by atoms with Crippen LogP contribution in [0.15, 0.2) is 30.3 Å². The van der Waals surface area contributed by atoms with E-state index >= 15 is 0 Å². The van der Waals surface area contributed by atoms with Gasteiger partial charge in [-0.3, -0.25) is 4.79 Å². The minimum Gasteiger partial charge on any atom is -0.394 e. The fraction of sp³-hybridized carbons (Fsp3) is 0.500. The van der Waals surface area contributed by atoms with Gasteiger partial charge in [-0.2, -0.15) is 13.2 Å². The number of halogens is 3. The summed E-state index contributed by atoms with van der Waals surface area (Å²) in [6.45, 7) is -0.756. The van der Waals surface area contributed by atoms with Gasteiger partial charge in [0.25, 0.3) is 0 Å². The van der Waals surface area contributed by atoms with Gasteiger partial charge in [0.15, 0.2) is 5.41 Å². The number of aliphatic hydroxyl groups excluding tert-OH is 1. The quantitative estimate of drug-likeness (QED) is 0.787. The smallest absolute Gasteiger partial charge is 0.394 e. The maximum atomic E-state index is 13.3. The van der Waals surface area contributed by atoms with Gasteiger partial charge in [0.1, 0.15) is 0 Å². The first-order chi connectivity index (χ1) is 9.90. The Bertz CT molecular complexity index is 485. The fourth-order valence-corrected chi connectivity index (χ4v) is 2.47. The van der Waals surface area contributed by atoms with Crippen LogP contribution in [0.5, 0.6) is 0 Å². The highest BCUT2D eigenvalue weighted by Crippen LogP contribution is 2.43. The Balaban J connectivity index is 2.19. The predicted molar refractivity (Wildman–Crippen MR) is 70.4 cm³/mol. The van der Waals surface area contributed by atoms with Crippen molar-refractivity contribution in [2.45, 2.75) is 18.6 Å². The Morgan fingerprint density at radius 2 is 2.05 bits per heavy atom. The molecule has 3 N–H and O–H groups in total. The normalized spacial score (nSPS) is 23.8. The van der Waals surface area contributed by atoms with Crippen molar-refractivity contribution >= 4 is 5.91 Å². The van der Waals surface area contributed by atoms with Crippen LogP contribution in [0, 0.1) is 5.41 Å². The van der Waals surface area contributed by atoms with Crippen LogP contribution in [0.2, 0.25) is 0 Å². The van der Waals surface area contributed by atoms with Crippen LogP contribution in [-0.2, 0) is 4.79 Å². The number of carbonyl (C=O) groups excluding carboxylic acids is 1. The van der Waals surface area contributed by atoms with Gasteiger partial charge >= 0.3 is 6.18 Å². The largest absolute Gasteiger partial charge is 0.404 e. The summed E-state index contributed by atoms with van der Waals surface area (Å²) in [7, 11) is 0. The molecule has 0 saturated carbocycles. The summed E-state index contributed by atoms with van der Waals surface area (Å²) in [4.78, 5) is 12.2. The van der Waals surface area contributed by atoms with Gasteiger partial charge in [0, 0.05) is 6.54 Å². The SMILES string of the molecule is O=C(N[C@H](CO)c1ccccc1)C1(C(F)(F)F)CCNC1. The number of rotatable bonds is 4. The van der Waals surface area contributed by atoms with E-state index in [9.17, 15) is 23.1 Å².